The molecule has 0 radical (unpaired) electrons. The van der Waals surface area contributed by atoms with Gasteiger partial charge in [0.15, 0.2) is 0 Å². The average molecular weight is 459 g/mol. The van der Waals surface area contributed by atoms with Crippen molar-refractivity contribution in [3.63, 3.8) is 0 Å². The Kier molecular flexibility index (Phi) is 6.32. The number of hydrogen-bond acceptors (Lipinski definition) is 4. The van der Waals surface area contributed by atoms with E-state index in [0.29, 0.717) is 37.4 Å². The van der Waals surface area contributed by atoms with Crippen molar-refractivity contribution in [1.82, 2.24) is 4.90 Å². The molecule has 2 heterocycles. The molecule has 1 aromatic heterocycles. The zero-order valence-electron chi connectivity index (χ0n) is 17.1. The predicted octanol–water partition coefficient (Wildman–Crippen LogP) is 5.07. The van der Waals surface area contributed by atoms with Gasteiger partial charge in [0, 0.05) is 25.3 Å². The van der Waals surface area contributed by atoms with Crippen molar-refractivity contribution in [3.05, 3.63) is 88.1 Å². The highest BCUT2D eigenvalue weighted by Gasteiger charge is 2.41. The van der Waals surface area contributed by atoms with E-state index in [0.717, 1.165) is 17.3 Å². The van der Waals surface area contributed by atoms with Gasteiger partial charge in [-0.3, -0.25) is 9.59 Å². The first-order valence-corrected chi connectivity index (χ1v) is 11.0. The number of alkyl halides is 3. The Balaban J connectivity index is 1.57. The molecule has 0 N–H and O–H groups in total. The maximum absolute atomic E-state index is 13.3. The number of anilines is 1. The number of thiophene rings is 1. The molecule has 0 aliphatic carbocycles. The lowest BCUT2D eigenvalue weighted by Gasteiger charge is -2.42. The maximum atomic E-state index is 13.3. The molecule has 4 rings (SSSR count). The lowest BCUT2D eigenvalue weighted by atomic mass is 10.0. The maximum Gasteiger partial charge on any atom is 0.455 e. The highest BCUT2D eigenvalue weighted by atomic mass is 32.1. The smallest absolute Gasteiger partial charge is 0.368 e. The van der Waals surface area contributed by atoms with E-state index in [2.05, 4.69) is 4.90 Å². The van der Waals surface area contributed by atoms with Crippen LogP contribution in [0.2, 0.25) is 0 Å². The molecule has 1 saturated heterocycles. The van der Waals surface area contributed by atoms with Crippen LogP contribution in [0.1, 0.15) is 24.9 Å². The highest BCUT2D eigenvalue weighted by molar-refractivity contribution is 7.16. The minimum Gasteiger partial charge on any atom is -0.368 e. The molecule has 1 amide bonds. The van der Waals surface area contributed by atoms with Gasteiger partial charge in [-0.1, -0.05) is 48.5 Å². The molecule has 0 spiro atoms. The summed E-state index contributed by atoms with van der Waals surface area (Å²) in [6, 6.07) is 21.9. The second-order valence-electron chi connectivity index (χ2n) is 7.61. The summed E-state index contributed by atoms with van der Waals surface area (Å²) in [6.07, 6.45) is -4.34. The van der Waals surface area contributed by atoms with E-state index in [9.17, 15) is 22.8 Å². The second kappa shape index (κ2) is 9.16. The lowest BCUT2D eigenvalue weighted by molar-refractivity contribution is -0.0882. The highest BCUT2D eigenvalue weighted by Crippen LogP contribution is 2.29. The van der Waals surface area contributed by atoms with Crippen LogP contribution in [0.5, 0.6) is 0 Å². The van der Waals surface area contributed by atoms with Crippen LogP contribution in [0.15, 0.2) is 72.8 Å². The van der Waals surface area contributed by atoms with E-state index in [1.807, 2.05) is 60.7 Å². The zero-order valence-corrected chi connectivity index (χ0v) is 17.9. The van der Waals surface area contributed by atoms with Gasteiger partial charge in [0.1, 0.15) is 0 Å². The van der Waals surface area contributed by atoms with E-state index in [1.165, 1.54) is 6.07 Å². The van der Waals surface area contributed by atoms with E-state index in [4.69, 9.17) is 0 Å². The van der Waals surface area contributed by atoms with Crippen LogP contribution >= 0.6 is 11.3 Å². The number of hydrogen-bond donors (Lipinski definition) is 0. The van der Waals surface area contributed by atoms with E-state index < -0.39 is 16.8 Å². The number of rotatable bonds is 5. The Morgan fingerprint density at radius 1 is 0.875 bits per heavy atom. The van der Waals surface area contributed by atoms with Crippen LogP contribution in [0.25, 0.3) is 0 Å². The van der Waals surface area contributed by atoms with Gasteiger partial charge in [0.25, 0.3) is 11.7 Å². The molecule has 4 nitrogen and oxygen atoms in total. The summed E-state index contributed by atoms with van der Waals surface area (Å²) >= 11 is 0.601. The SMILES string of the molecule is O=C(c1ccc(C(=O)C(F)(F)F)s1)N1CCN(c2ccccc2)CC1Cc1ccccc1. The summed E-state index contributed by atoms with van der Waals surface area (Å²) < 4.78 is 38.3. The number of para-hydroxylation sites is 1. The first-order chi connectivity index (χ1) is 15.3. The topological polar surface area (TPSA) is 40.6 Å². The van der Waals surface area contributed by atoms with Crippen molar-refractivity contribution in [2.75, 3.05) is 24.5 Å². The number of amides is 1. The van der Waals surface area contributed by atoms with Crippen LogP contribution in [0.4, 0.5) is 18.9 Å². The molecule has 32 heavy (non-hydrogen) atoms. The van der Waals surface area contributed by atoms with Gasteiger partial charge in [-0.25, -0.2) is 0 Å². The lowest BCUT2D eigenvalue weighted by Crippen LogP contribution is -2.56. The van der Waals surface area contributed by atoms with Crippen molar-refractivity contribution >= 4 is 28.7 Å². The Morgan fingerprint density at radius 3 is 2.16 bits per heavy atom. The fourth-order valence-electron chi connectivity index (χ4n) is 3.91. The summed E-state index contributed by atoms with van der Waals surface area (Å²) in [5.74, 6) is -2.26. The van der Waals surface area contributed by atoms with Gasteiger partial charge in [-0.05, 0) is 36.2 Å². The number of carbonyl (C=O) groups is 2. The third kappa shape index (κ3) is 4.85. The standard InChI is InChI=1S/C24H21F3N2O2S/c25-24(26,27)22(30)20-11-12-21(32-20)23(31)29-14-13-28(18-9-5-2-6-10-18)16-19(29)15-17-7-3-1-4-8-17/h1-12,19H,13-16H2. The third-order valence-corrected chi connectivity index (χ3v) is 6.55. The van der Waals surface area contributed by atoms with Crippen molar-refractivity contribution in [1.29, 1.82) is 0 Å². The molecule has 1 atom stereocenters. The van der Waals surface area contributed by atoms with Gasteiger partial charge in [-0.2, -0.15) is 13.2 Å². The minimum atomic E-state index is -4.96. The predicted molar refractivity (Wildman–Crippen MR) is 118 cm³/mol. The number of halogens is 3. The van der Waals surface area contributed by atoms with Crippen LogP contribution < -0.4 is 4.90 Å². The molecule has 1 aliphatic heterocycles. The van der Waals surface area contributed by atoms with Gasteiger partial charge in [0.2, 0.25) is 0 Å². The normalized spacial score (nSPS) is 16.8. The Hall–Kier alpha value is -3.13. The fraction of sp³-hybridized carbons (Fsp3) is 0.250. The molecule has 2 aromatic carbocycles. The van der Waals surface area contributed by atoms with Crippen molar-refractivity contribution in [2.45, 2.75) is 18.6 Å². The zero-order chi connectivity index (χ0) is 22.7. The summed E-state index contributed by atoms with van der Waals surface area (Å²) in [7, 11) is 0. The van der Waals surface area contributed by atoms with Crippen molar-refractivity contribution in [3.8, 4) is 0 Å². The Morgan fingerprint density at radius 2 is 1.50 bits per heavy atom. The number of ketones is 1. The average Bonchev–Trinajstić information content (AvgIpc) is 3.29. The number of carbonyl (C=O) groups excluding carboxylic acids is 2. The van der Waals surface area contributed by atoms with Gasteiger partial charge >= 0.3 is 6.18 Å². The quantitative estimate of drug-likeness (QED) is 0.502. The summed E-state index contributed by atoms with van der Waals surface area (Å²) in [6.45, 7) is 1.65. The Labute approximate surface area is 187 Å². The number of nitrogens with zero attached hydrogens (tertiary/aromatic N) is 2. The summed E-state index contributed by atoms with van der Waals surface area (Å²) in [5, 5.41) is 0. The van der Waals surface area contributed by atoms with Crippen LogP contribution in [-0.4, -0.2) is 48.4 Å². The van der Waals surface area contributed by atoms with Crippen molar-refractivity contribution < 1.29 is 22.8 Å². The molecule has 0 saturated carbocycles. The molecule has 166 valence electrons. The van der Waals surface area contributed by atoms with Crippen LogP contribution in [-0.2, 0) is 6.42 Å². The summed E-state index contributed by atoms with van der Waals surface area (Å²) in [4.78, 5) is 28.4. The monoisotopic (exact) mass is 458 g/mol. The summed E-state index contributed by atoms with van der Waals surface area (Å²) in [5.41, 5.74) is 2.14. The fourth-order valence-corrected chi connectivity index (χ4v) is 4.84. The molecule has 1 unspecified atom stereocenters. The molecule has 8 heteroatoms. The molecule has 0 bridgehead atoms. The number of Topliss-reactive ketones (excluding diaryl/α,β-unsaturated/α-hetero) is 1. The van der Waals surface area contributed by atoms with E-state index in [-0.39, 0.29) is 16.8 Å². The van der Waals surface area contributed by atoms with Crippen LogP contribution in [0.3, 0.4) is 0 Å². The second-order valence-corrected chi connectivity index (χ2v) is 8.70. The molecule has 3 aromatic rings. The minimum absolute atomic E-state index is 0.142. The van der Waals surface area contributed by atoms with Gasteiger partial charge in [-0.15, -0.1) is 11.3 Å². The largest absolute Gasteiger partial charge is 0.455 e. The van der Waals surface area contributed by atoms with E-state index in [1.54, 1.807) is 4.90 Å². The van der Waals surface area contributed by atoms with Crippen molar-refractivity contribution in [2.24, 2.45) is 0 Å². The number of benzene rings is 2. The Bertz CT molecular complexity index is 1080. The first-order valence-electron chi connectivity index (χ1n) is 10.2. The molecule has 1 fully saturated rings. The third-order valence-electron chi connectivity index (χ3n) is 5.48. The van der Waals surface area contributed by atoms with Gasteiger partial charge in [0.05, 0.1) is 15.8 Å². The molecular weight excluding hydrogens is 437 g/mol. The van der Waals surface area contributed by atoms with E-state index >= 15 is 0 Å². The molecule has 1 aliphatic rings. The van der Waals surface area contributed by atoms with Gasteiger partial charge < -0.3 is 9.80 Å². The van der Waals surface area contributed by atoms with Crippen LogP contribution in [0, 0.1) is 0 Å². The number of piperazine rings is 1. The molecular formula is C24H21F3N2O2S. The first kappa shape index (κ1) is 22.1.